The number of carbonyl (C=O) groups is 2. The topological polar surface area (TPSA) is 80.3 Å². The number of benzene rings is 1. The molecule has 0 fully saturated rings. The molecule has 0 aliphatic carbocycles. The molecule has 2 unspecified atom stereocenters. The largest absolute Gasteiger partial charge is 0.497 e. The van der Waals surface area contributed by atoms with Crippen molar-refractivity contribution in [2.24, 2.45) is 0 Å². The molecule has 134 valence electrons. The van der Waals surface area contributed by atoms with E-state index in [2.05, 4.69) is 15.6 Å². The van der Waals surface area contributed by atoms with Crippen molar-refractivity contribution in [3.8, 4) is 5.75 Å². The van der Waals surface area contributed by atoms with Crippen LogP contribution in [0.2, 0.25) is 0 Å². The molecule has 2 rings (SSSR count). The Morgan fingerprint density at radius 2 is 1.92 bits per heavy atom. The maximum Gasteiger partial charge on any atom is 0.253 e. The summed E-state index contributed by atoms with van der Waals surface area (Å²) in [6, 6.07) is 6.73. The normalized spacial score (nSPS) is 13.2. The summed E-state index contributed by atoms with van der Waals surface area (Å²) < 4.78 is 5.22. The third-order valence-electron chi connectivity index (χ3n) is 4.20. The van der Waals surface area contributed by atoms with Crippen LogP contribution in [-0.4, -0.2) is 36.0 Å². The number of hydrogen-bond acceptors (Lipinski definition) is 4. The predicted octanol–water partition coefficient (Wildman–Crippen LogP) is 2.58. The van der Waals surface area contributed by atoms with Gasteiger partial charge in [0.2, 0.25) is 5.91 Å². The zero-order valence-corrected chi connectivity index (χ0v) is 15.3. The van der Waals surface area contributed by atoms with Crippen molar-refractivity contribution in [1.29, 1.82) is 0 Å². The molecular weight excluding hydrogens is 318 g/mol. The number of fused-ring (bicyclic) bond motifs is 1. The summed E-state index contributed by atoms with van der Waals surface area (Å²) in [5.74, 6) is 0.183. The van der Waals surface area contributed by atoms with Crippen molar-refractivity contribution in [3.05, 3.63) is 35.5 Å². The van der Waals surface area contributed by atoms with Crippen molar-refractivity contribution in [2.75, 3.05) is 7.11 Å². The summed E-state index contributed by atoms with van der Waals surface area (Å²) in [6.45, 7) is 7.37. The number of carbonyl (C=O) groups excluding carboxylic acids is 2. The van der Waals surface area contributed by atoms with Crippen LogP contribution in [0.5, 0.6) is 5.75 Å². The lowest BCUT2D eigenvalue weighted by Gasteiger charge is -2.18. The van der Waals surface area contributed by atoms with E-state index < -0.39 is 6.04 Å². The minimum absolute atomic E-state index is 0.0726. The highest BCUT2D eigenvalue weighted by Crippen LogP contribution is 2.22. The first-order valence-corrected chi connectivity index (χ1v) is 8.42. The maximum atomic E-state index is 12.6. The Morgan fingerprint density at radius 3 is 2.56 bits per heavy atom. The van der Waals surface area contributed by atoms with E-state index in [0.717, 1.165) is 17.3 Å². The van der Waals surface area contributed by atoms with Gasteiger partial charge in [0.1, 0.15) is 11.8 Å². The molecule has 2 atom stereocenters. The van der Waals surface area contributed by atoms with Crippen LogP contribution in [0.15, 0.2) is 24.3 Å². The van der Waals surface area contributed by atoms with Gasteiger partial charge in [-0.25, -0.2) is 0 Å². The molecule has 6 nitrogen and oxygen atoms in total. The number of pyridine rings is 1. The summed E-state index contributed by atoms with van der Waals surface area (Å²) in [5.41, 5.74) is 1.85. The monoisotopic (exact) mass is 343 g/mol. The fourth-order valence-corrected chi connectivity index (χ4v) is 2.42. The van der Waals surface area contributed by atoms with Gasteiger partial charge < -0.3 is 15.4 Å². The molecule has 2 aromatic rings. The molecule has 0 saturated heterocycles. The molecule has 1 aromatic carbocycles. The minimum atomic E-state index is -0.623. The van der Waals surface area contributed by atoms with Crippen LogP contribution >= 0.6 is 0 Å². The van der Waals surface area contributed by atoms with Gasteiger partial charge in [-0.15, -0.1) is 0 Å². The Hall–Kier alpha value is -2.63. The standard InChI is InChI=1S/C19H25N3O3/c1-6-11(2)20-18(23)13(4)22-19(24)16-10-14-9-15(25-5)7-8-17(14)21-12(16)3/h7-11,13H,6H2,1-5H3,(H,20,23)(H,22,24). The number of methoxy groups -OCH3 is 1. The van der Waals surface area contributed by atoms with Crippen LogP contribution in [0, 0.1) is 6.92 Å². The molecule has 0 saturated carbocycles. The zero-order valence-electron chi connectivity index (χ0n) is 15.3. The molecule has 25 heavy (non-hydrogen) atoms. The fourth-order valence-electron chi connectivity index (χ4n) is 2.42. The SMILES string of the molecule is CCC(C)NC(=O)C(C)NC(=O)c1cc2cc(OC)ccc2nc1C. The summed E-state index contributed by atoms with van der Waals surface area (Å²) in [6.07, 6.45) is 0.835. The Labute approximate surface area is 148 Å². The van der Waals surface area contributed by atoms with Gasteiger partial charge in [-0.05, 0) is 51.5 Å². The van der Waals surface area contributed by atoms with E-state index in [1.165, 1.54) is 0 Å². The molecule has 0 bridgehead atoms. The molecule has 1 aromatic heterocycles. The first kappa shape index (κ1) is 18.7. The van der Waals surface area contributed by atoms with E-state index in [-0.39, 0.29) is 17.9 Å². The lowest BCUT2D eigenvalue weighted by Crippen LogP contribution is -2.47. The highest BCUT2D eigenvalue weighted by Gasteiger charge is 2.19. The second-order valence-corrected chi connectivity index (χ2v) is 6.19. The summed E-state index contributed by atoms with van der Waals surface area (Å²) in [5, 5.41) is 6.41. The first-order valence-electron chi connectivity index (χ1n) is 8.42. The van der Waals surface area contributed by atoms with Crippen LogP contribution in [0.4, 0.5) is 0 Å². The second-order valence-electron chi connectivity index (χ2n) is 6.19. The van der Waals surface area contributed by atoms with Gasteiger partial charge in [0.15, 0.2) is 0 Å². The average molecular weight is 343 g/mol. The van der Waals surface area contributed by atoms with Crippen molar-refractivity contribution >= 4 is 22.7 Å². The van der Waals surface area contributed by atoms with Crippen molar-refractivity contribution in [3.63, 3.8) is 0 Å². The third-order valence-corrected chi connectivity index (χ3v) is 4.20. The quantitative estimate of drug-likeness (QED) is 0.845. The number of nitrogens with zero attached hydrogens (tertiary/aromatic N) is 1. The molecule has 6 heteroatoms. The van der Waals surface area contributed by atoms with E-state index in [9.17, 15) is 9.59 Å². The molecule has 1 heterocycles. The highest BCUT2D eigenvalue weighted by atomic mass is 16.5. The number of nitrogens with one attached hydrogen (secondary N) is 2. The van der Waals surface area contributed by atoms with Crippen molar-refractivity contribution in [2.45, 2.75) is 46.2 Å². The highest BCUT2D eigenvalue weighted by molar-refractivity contribution is 6.00. The van der Waals surface area contributed by atoms with E-state index in [1.54, 1.807) is 27.0 Å². The van der Waals surface area contributed by atoms with Gasteiger partial charge in [0.25, 0.3) is 5.91 Å². The van der Waals surface area contributed by atoms with Crippen LogP contribution < -0.4 is 15.4 Å². The van der Waals surface area contributed by atoms with Crippen LogP contribution in [0.3, 0.4) is 0 Å². The molecule has 0 aliphatic heterocycles. The third kappa shape index (κ3) is 4.47. The zero-order chi connectivity index (χ0) is 18.6. The molecule has 2 amide bonds. The summed E-state index contributed by atoms with van der Waals surface area (Å²) in [4.78, 5) is 29.1. The molecule has 0 spiro atoms. The van der Waals surface area contributed by atoms with Gasteiger partial charge >= 0.3 is 0 Å². The Kier molecular flexibility index (Phi) is 5.96. The Morgan fingerprint density at radius 1 is 1.20 bits per heavy atom. The minimum Gasteiger partial charge on any atom is -0.497 e. The van der Waals surface area contributed by atoms with Crippen molar-refractivity contribution in [1.82, 2.24) is 15.6 Å². The molecule has 0 radical (unpaired) electrons. The smallest absolute Gasteiger partial charge is 0.253 e. The second kappa shape index (κ2) is 7.96. The van der Waals surface area contributed by atoms with Gasteiger partial charge in [-0.1, -0.05) is 6.92 Å². The number of amides is 2. The number of ether oxygens (including phenoxy) is 1. The van der Waals surface area contributed by atoms with E-state index in [0.29, 0.717) is 17.0 Å². The first-order chi connectivity index (χ1) is 11.8. The van der Waals surface area contributed by atoms with E-state index in [1.807, 2.05) is 32.0 Å². The molecule has 2 N–H and O–H groups in total. The van der Waals surface area contributed by atoms with Crippen LogP contribution in [0.1, 0.15) is 43.2 Å². The van der Waals surface area contributed by atoms with Gasteiger partial charge in [-0.2, -0.15) is 0 Å². The number of aromatic nitrogens is 1. The Bertz CT molecular complexity index is 789. The number of aryl methyl sites for hydroxylation is 1. The molecular formula is C19H25N3O3. The Balaban J connectivity index is 2.20. The van der Waals surface area contributed by atoms with Gasteiger partial charge in [-0.3, -0.25) is 14.6 Å². The summed E-state index contributed by atoms with van der Waals surface area (Å²) >= 11 is 0. The van der Waals surface area contributed by atoms with Crippen LogP contribution in [0.25, 0.3) is 10.9 Å². The fraction of sp³-hybridized carbons (Fsp3) is 0.421. The van der Waals surface area contributed by atoms with Gasteiger partial charge in [0, 0.05) is 11.4 Å². The van der Waals surface area contributed by atoms with Crippen LogP contribution in [-0.2, 0) is 4.79 Å². The lowest BCUT2D eigenvalue weighted by molar-refractivity contribution is -0.123. The lowest BCUT2D eigenvalue weighted by atomic mass is 10.1. The maximum absolute atomic E-state index is 12.6. The molecule has 0 aliphatic rings. The van der Waals surface area contributed by atoms with E-state index in [4.69, 9.17) is 4.74 Å². The van der Waals surface area contributed by atoms with Gasteiger partial charge in [0.05, 0.1) is 23.9 Å². The predicted molar refractivity (Wildman–Crippen MR) is 97.9 cm³/mol. The summed E-state index contributed by atoms with van der Waals surface area (Å²) in [7, 11) is 1.59. The number of rotatable bonds is 6. The van der Waals surface area contributed by atoms with E-state index >= 15 is 0 Å². The average Bonchev–Trinajstić information content (AvgIpc) is 2.60. The van der Waals surface area contributed by atoms with Crippen molar-refractivity contribution < 1.29 is 14.3 Å². The number of hydrogen-bond donors (Lipinski definition) is 2.